The van der Waals surface area contributed by atoms with Gasteiger partial charge in [-0.2, -0.15) is 29.8 Å². The number of hydrogen-bond acceptors (Lipinski definition) is 1. The maximum atomic E-state index is 10.5. The van der Waals surface area contributed by atoms with Crippen molar-refractivity contribution in [3.8, 4) is 11.1 Å². The first-order valence-corrected chi connectivity index (χ1v) is 15.2. The van der Waals surface area contributed by atoms with Crippen LogP contribution in [0, 0.1) is 13.0 Å². The summed E-state index contributed by atoms with van der Waals surface area (Å²) in [6, 6.07) is 25.1. The molecular weight excluding hydrogens is 453 g/mol. The molecule has 3 aromatic rings. The number of amides is 1. The summed E-state index contributed by atoms with van der Waals surface area (Å²) >= 11 is -0.556. The molecule has 0 bridgehead atoms. The van der Waals surface area contributed by atoms with Gasteiger partial charge in [0.05, 0.1) is 5.91 Å². The van der Waals surface area contributed by atoms with E-state index in [4.69, 9.17) is 24.3 Å². The van der Waals surface area contributed by atoms with Crippen LogP contribution in [0.4, 0.5) is 0 Å². The van der Waals surface area contributed by atoms with Gasteiger partial charge in [-0.3, -0.25) is 0 Å². The van der Waals surface area contributed by atoms with E-state index in [1.54, 1.807) is 18.2 Å². The van der Waals surface area contributed by atoms with Gasteiger partial charge in [0.1, 0.15) is 0 Å². The SMILES string of the molecule is C[Si]C.Cc1cccc(C([NH-])=O)c1.[Cl][Ti][Cl].[c-]1cccc2c1Cc1ccccc1-2. The number of carbonyl (C=O) groups excluding carboxylic acids is 1. The zero-order chi connectivity index (χ0) is 21.6. The fourth-order valence-electron chi connectivity index (χ4n) is 2.78. The number of halogens is 2. The molecule has 1 aliphatic carbocycles. The van der Waals surface area contributed by atoms with Crippen LogP contribution in [-0.4, -0.2) is 15.4 Å². The smallest absolute Gasteiger partial charge is 0.0253 e. The molecule has 29 heavy (non-hydrogen) atoms. The Morgan fingerprint density at radius 2 is 1.66 bits per heavy atom. The summed E-state index contributed by atoms with van der Waals surface area (Å²) in [6.45, 7) is 6.20. The maximum absolute atomic E-state index is 10.5. The summed E-state index contributed by atoms with van der Waals surface area (Å²) in [5.74, 6) is -0.622. The van der Waals surface area contributed by atoms with E-state index in [9.17, 15) is 4.79 Å². The normalized spacial score (nSPS) is 9.83. The van der Waals surface area contributed by atoms with Crippen LogP contribution >= 0.6 is 18.6 Å². The van der Waals surface area contributed by atoms with Crippen LogP contribution < -0.4 is 0 Å². The average Bonchev–Trinajstić information content (AvgIpc) is 3.08. The van der Waals surface area contributed by atoms with Crippen LogP contribution in [0.1, 0.15) is 27.0 Å². The Morgan fingerprint density at radius 1 is 1.03 bits per heavy atom. The van der Waals surface area contributed by atoms with Crippen molar-refractivity contribution in [2.75, 3.05) is 0 Å². The van der Waals surface area contributed by atoms with E-state index in [1.165, 1.54) is 22.3 Å². The van der Waals surface area contributed by atoms with Gasteiger partial charge in [0.25, 0.3) is 0 Å². The largest absolute Gasteiger partial charge is 0.179 e. The molecule has 2 nitrogen and oxygen atoms in total. The summed E-state index contributed by atoms with van der Waals surface area (Å²) in [5, 5.41) is 0. The van der Waals surface area contributed by atoms with Crippen molar-refractivity contribution in [3.05, 3.63) is 101 Å². The van der Waals surface area contributed by atoms with E-state index in [2.05, 4.69) is 55.6 Å². The minimum Gasteiger partial charge on any atom is -0.179 e. The van der Waals surface area contributed by atoms with E-state index in [1.807, 2.05) is 19.1 Å². The van der Waals surface area contributed by atoms with Crippen molar-refractivity contribution in [2.24, 2.45) is 0 Å². The molecule has 6 heteroatoms. The third kappa shape index (κ3) is 8.90. The van der Waals surface area contributed by atoms with Crippen LogP contribution in [0.25, 0.3) is 16.9 Å². The second kappa shape index (κ2) is 14.6. The Hall–Kier alpha value is -1.36. The zero-order valence-electron chi connectivity index (χ0n) is 16.7. The Balaban J connectivity index is 0.000000235. The number of aryl methyl sites for hydroxylation is 1. The second-order valence-corrected chi connectivity index (χ2v) is 9.75. The Kier molecular flexibility index (Phi) is 12.9. The number of fused-ring (bicyclic) bond motifs is 3. The third-order valence-electron chi connectivity index (χ3n) is 3.90. The molecule has 0 spiro atoms. The summed E-state index contributed by atoms with van der Waals surface area (Å²) in [4.78, 5) is 10.5. The monoisotopic (exact) mass is 475 g/mol. The molecule has 0 aliphatic heterocycles. The molecule has 0 saturated heterocycles. The molecule has 150 valence electrons. The van der Waals surface area contributed by atoms with Gasteiger partial charge in [-0.05, 0) is 18.9 Å². The first kappa shape index (κ1) is 25.7. The molecular formula is C23H23Cl2NOSiTi-2. The number of hydrogen-bond donors (Lipinski definition) is 0. The molecule has 3 aromatic carbocycles. The van der Waals surface area contributed by atoms with Crippen molar-refractivity contribution < 1.29 is 21.8 Å². The number of rotatable bonds is 1. The molecule has 0 unspecified atom stereocenters. The second-order valence-electron chi connectivity index (χ2n) is 6.17. The molecule has 1 amide bonds. The van der Waals surface area contributed by atoms with Gasteiger partial charge in [-0.1, -0.05) is 78.3 Å². The number of benzene rings is 3. The van der Waals surface area contributed by atoms with Crippen LogP contribution in [0.3, 0.4) is 0 Å². The van der Waals surface area contributed by atoms with E-state index >= 15 is 0 Å². The molecule has 1 N–H and O–H groups in total. The minimum absolute atomic E-state index is 0.458. The van der Waals surface area contributed by atoms with Gasteiger partial charge in [-0.15, -0.1) is 5.56 Å². The first-order valence-electron chi connectivity index (χ1n) is 8.93. The number of nitrogens with one attached hydrogen (secondary N) is 1. The van der Waals surface area contributed by atoms with Crippen molar-refractivity contribution in [3.63, 3.8) is 0 Å². The quantitative estimate of drug-likeness (QED) is 0.208. The predicted octanol–water partition coefficient (Wildman–Crippen LogP) is 7.41. The van der Waals surface area contributed by atoms with Crippen molar-refractivity contribution >= 4 is 34.0 Å². The maximum Gasteiger partial charge on any atom is -0.0253 e. The predicted molar refractivity (Wildman–Crippen MR) is 123 cm³/mol. The summed E-state index contributed by atoms with van der Waals surface area (Å²) in [5.41, 5.74) is 13.8. The van der Waals surface area contributed by atoms with Crippen LogP contribution in [0.5, 0.6) is 0 Å². The van der Waals surface area contributed by atoms with E-state index in [-0.39, 0.29) is 0 Å². The topological polar surface area (TPSA) is 40.9 Å². The van der Waals surface area contributed by atoms with Crippen LogP contribution in [0.15, 0.2) is 66.7 Å². The van der Waals surface area contributed by atoms with Gasteiger partial charge in [0.2, 0.25) is 0 Å². The first-order chi connectivity index (χ1) is 14.0. The van der Waals surface area contributed by atoms with E-state index in [0.29, 0.717) is 5.56 Å². The average molecular weight is 476 g/mol. The van der Waals surface area contributed by atoms with Gasteiger partial charge < -0.3 is 10.5 Å². The fourth-order valence-corrected chi connectivity index (χ4v) is 2.78. The van der Waals surface area contributed by atoms with Gasteiger partial charge in [-0.25, -0.2) is 0 Å². The molecule has 0 saturated carbocycles. The van der Waals surface area contributed by atoms with Crippen LogP contribution in [-0.2, 0) is 23.5 Å². The number of carbonyl (C=O) groups is 1. The Labute approximate surface area is 193 Å². The molecule has 0 fully saturated rings. The Morgan fingerprint density at radius 3 is 2.24 bits per heavy atom. The van der Waals surface area contributed by atoms with Gasteiger partial charge in [0, 0.05) is 9.52 Å². The van der Waals surface area contributed by atoms with Crippen molar-refractivity contribution in [1.82, 2.24) is 0 Å². The standard InChI is InChI=1S/C13H9.C8H9NO.C2H6Si.2ClH.Ti/c1-3-7-12-10(5-1)9-11-6-2-4-8-13(11)12;1-6-3-2-4-7(5-6)8(9)10;1-3-2;;;/h1-5,7-8H,9H2;2-5H,1H3,(H2,9,10);1-2H3;2*1H;/q-1;;;;;+2/p-3. The van der Waals surface area contributed by atoms with E-state index < -0.39 is 22.9 Å². The molecule has 4 rings (SSSR count). The summed E-state index contributed by atoms with van der Waals surface area (Å²) in [6.07, 6.45) is 1.05. The van der Waals surface area contributed by atoms with Crippen molar-refractivity contribution in [2.45, 2.75) is 26.4 Å². The molecule has 1 aliphatic rings. The van der Waals surface area contributed by atoms with Crippen molar-refractivity contribution in [1.29, 1.82) is 0 Å². The van der Waals surface area contributed by atoms with Gasteiger partial charge in [0.15, 0.2) is 0 Å². The van der Waals surface area contributed by atoms with Gasteiger partial charge >= 0.3 is 35.6 Å². The summed E-state index contributed by atoms with van der Waals surface area (Å²) < 4.78 is 0. The van der Waals surface area contributed by atoms with E-state index in [0.717, 1.165) is 21.5 Å². The summed E-state index contributed by atoms with van der Waals surface area (Å²) in [7, 11) is 10.9. The Bertz CT molecular complexity index is 860. The molecule has 0 aromatic heterocycles. The minimum atomic E-state index is -0.622. The fraction of sp³-hybridized carbons (Fsp3) is 0.174. The zero-order valence-corrected chi connectivity index (χ0v) is 20.8. The molecule has 2 radical (unpaired) electrons. The molecule has 0 atom stereocenters. The molecule has 0 heterocycles. The van der Waals surface area contributed by atoms with Crippen LogP contribution in [0.2, 0.25) is 13.1 Å². The third-order valence-corrected chi connectivity index (χ3v) is 3.90.